The van der Waals surface area contributed by atoms with Gasteiger partial charge in [0.2, 0.25) is 5.95 Å². The van der Waals surface area contributed by atoms with Gasteiger partial charge in [-0.2, -0.15) is 0 Å². The molecule has 5 nitrogen and oxygen atoms in total. The van der Waals surface area contributed by atoms with E-state index in [4.69, 9.17) is 14.4 Å². The number of para-hydroxylation sites is 4. The molecule has 0 N–H and O–H groups in total. The number of furan rings is 1. The predicted molar refractivity (Wildman–Crippen MR) is 244 cm³/mol. The van der Waals surface area contributed by atoms with Gasteiger partial charge in [-0.3, -0.25) is 4.57 Å². The number of rotatable bonds is 4. The highest BCUT2D eigenvalue weighted by atomic mass is 16.3. The van der Waals surface area contributed by atoms with Crippen LogP contribution in [0.1, 0.15) is 0 Å². The van der Waals surface area contributed by atoms with E-state index in [1.807, 2.05) is 0 Å². The number of hydrogen-bond donors (Lipinski definition) is 0. The number of nitrogens with zero attached hydrogens (tertiary/aromatic N) is 4. The SMILES string of the molecule is c1ccc(-c2cc(-c3nc(-n4c5ccccc5c5cc6c7ccccc7n(-c7ccccc7)c6cc54)nc4ccccc34)c3c(c2)oc2cc4ccccc4cc23)cc1. The molecule has 0 spiro atoms. The smallest absolute Gasteiger partial charge is 0.235 e. The second-order valence-electron chi connectivity index (χ2n) is 15.4. The van der Waals surface area contributed by atoms with Gasteiger partial charge in [0.15, 0.2) is 0 Å². The van der Waals surface area contributed by atoms with Crippen molar-refractivity contribution in [3.8, 4) is 34.0 Å². The van der Waals surface area contributed by atoms with Crippen molar-refractivity contribution >= 4 is 87.2 Å². The predicted octanol–water partition coefficient (Wildman–Crippen LogP) is 14.2. The van der Waals surface area contributed by atoms with Gasteiger partial charge >= 0.3 is 0 Å². The maximum Gasteiger partial charge on any atom is 0.235 e. The van der Waals surface area contributed by atoms with Gasteiger partial charge < -0.3 is 8.98 Å². The van der Waals surface area contributed by atoms with Crippen molar-refractivity contribution in [2.45, 2.75) is 0 Å². The Hall–Kier alpha value is -8.02. The summed E-state index contributed by atoms with van der Waals surface area (Å²) in [6.45, 7) is 0. The molecule has 13 aromatic rings. The number of fused-ring (bicyclic) bond motifs is 11. The van der Waals surface area contributed by atoms with Gasteiger partial charge in [-0.25, -0.2) is 9.97 Å². The van der Waals surface area contributed by atoms with Crippen molar-refractivity contribution in [3.63, 3.8) is 0 Å². The number of aromatic nitrogens is 4. The fourth-order valence-electron chi connectivity index (χ4n) is 9.45. The molecule has 5 heteroatoms. The molecular weight excluding hydrogens is 721 g/mol. The summed E-state index contributed by atoms with van der Waals surface area (Å²) in [4.78, 5) is 11.0. The molecule has 0 bridgehead atoms. The number of benzene rings is 9. The topological polar surface area (TPSA) is 48.8 Å². The maximum atomic E-state index is 6.78. The summed E-state index contributed by atoms with van der Waals surface area (Å²) in [5.41, 5.74) is 12.1. The molecule has 0 saturated heterocycles. The van der Waals surface area contributed by atoms with Crippen LogP contribution < -0.4 is 0 Å². The van der Waals surface area contributed by atoms with Gasteiger partial charge in [0.1, 0.15) is 11.2 Å². The third kappa shape index (κ3) is 4.73. The Morgan fingerprint density at radius 2 is 0.983 bits per heavy atom. The molecule has 9 aromatic carbocycles. The lowest BCUT2D eigenvalue weighted by atomic mass is 9.95. The molecule has 0 amide bonds. The summed E-state index contributed by atoms with van der Waals surface area (Å²) in [7, 11) is 0. The second-order valence-corrected chi connectivity index (χ2v) is 15.4. The molecule has 0 atom stereocenters. The van der Waals surface area contributed by atoms with Crippen LogP contribution in [-0.4, -0.2) is 19.1 Å². The Kier molecular flexibility index (Phi) is 6.66. The Morgan fingerprint density at radius 3 is 1.75 bits per heavy atom. The van der Waals surface area contributed by atoms with E-state index in [2.05, 4.69) is 203 Å². The zero-order chi connectivity index (χ0) is 38.6. The minimum atomic E-state index is 0.614. The second kappa shape index (κ2) is 12.2. The summed E-state index contributed by atoms with van der Waals surface area (Å²) < 4.78 is 11.4. The highest BCUT2D eigenvalue weighted by Gasteiger charge is 2.23. The van der Waals surface area contributed by atoms with E-state index in [0.717, 1.165) is 93.6 Å². The minimum Gasteiger partial charge on any atom is -0.456 e. The van der Waals surface area contributed by atoms with Crippen LogP contribution in [0.4, 0.5) is 0 Å². The fraction of sp³-hybridized carbons (Fsp3) is 0. The van der Waals surface area contributed by atoms with E-state index in [0.29, 0.717) is 5.95 Å². The first-order valence-corrected chi connectivity index (χ1v) is 20.0. The lowest BCUT2D eigenvalue weighted by Gasteiger charge is -2.14. The molecule has 4 heterocycles. The van der Waals surface area contributed by atoms with Crippen molar-refractivity contribution < 1.29 is 4.42 Å². The van der Waals surface area contributed by atoms with Gasteiger partial charge in [-0.05, 0) is 88.6 Å². The van der Waals surface area contributed by atoms with E-state index >= 15 is 0 Å². The van der Waals surface area contributed by atoms with E-state index in [1.54, 1.807) is 0 Å². The Labute approximate surface area is 337 Å². The molecule has 274 valence electrons. The van der Waals surface area contributed by atoms with Gasteiger partial charge in [0.25, 0.3) is 0 Å². The van der Waals surface area contributed by atoms with Crippen LogP contribution >= 0.6 is 0 Å². The van der Waals surface area contributed by atoms with Crippen LogP contribution in [0.2, 0.25) is 0 Å². The normalized spacial score (nSPS) is 12.1. The average molecular weight is 753 g/mol. The molecule has 4 aromatic heterocycles. The van der Waals surface area contributed by atoms with E-state index in [1.165, 1.54) is 21.7 Å². The Balaban J connectivity index is 1.15. The van der Waals surface area contributed by atoms with Gasteiger partial charge in [-0.15, -0.1) is 0 Å². The third-order valence-corrected chi connectivity index (χ3v) is 12.1. The minimum absolute atomic E-state index is 0.614. The summed E-state index contributed by atoms with van der Waals surface area (Å²) >= 11 is 0. The summed E-state index contributed by atoms with van der Waals surface area (Å²) in [5, 5.41) is 10.1. The first kappa shape index (κ1) is 32.1. The van der Waals surface area contributed by atoms with Gasteiger partial charge in [0, 0.05) is 49.0 Å². The van der Waals surface area contributed by atoms with Crippen LogP contribution in [-0.2, 0) is 0 Å². The molecule has 0 aliphatic rings. The van der Waals surface area contributed by atoms with Gasteiger partial charge in [0.05, 0.1) is 33.3 Å². The van der Waals surface area contributed by atoms with Crippen LogP contribution in [0.5, 0.6) is 0 Å². The highest BCUT2D eigenvalue weighted by Crippen LogP contribution is 2.44. The third-order valence-electron chi connectivity index (χ3n) is 12.1. The molecule has 13 rings (SSSR count). The van der Waals surface area contributed by atoms with Crippen molar-refractivity contribution in [1.29, 1.82) is 0 Å². The van der Waals surface area contributed by atoms with Crippen LogP contribution in [0.15, 0.2) is 199 Å². The molecule has 0 aliphatic heterocycles. The molecule has 0 radical (unpaired) electrons. The maximum absolute atomic E-state index is 6.78. The standard InChI is InChI=1S/C54H32N4O/c1-3-15-33(16-4-1)36-28-44(52-43-27-34-17-7-8-18-35(34)29-50(43)59-51(52)30-36)53-40-23-9-12-24-45(40)55-54(56-53)58-47-26-14-11-22-39(47)42-31-41-38-21-10-13-25-46(38)57(48(41)32-49(42)58)37-19-5-2-6-20-37/h1-32H. The van der Waals surface area contributed by atoms with Crippen molar-refractivity contribution in [3.05, 3.63) is 194 Å². The lowest BCUT2D eigenvalue weighted by molar-refractivity contribution is 0.669. The van der Waals surface area contributed by atoms with Crippen molar-refractivity contribution in [1.82, 2.24) is 19.1 Å². The molecule has 0 fully saturated rings. The first-order valence-electron chi connectivity index (χ1n) is 20.0. The van der Waals surface area contributed by atoms with Crippen LogP contribution in [0, 0.1) is 0 Å². The van der Waals surface area contributed by atoms with Gasteiger partial charge in [-0.1, -0.05) is 127 Å². The molecular formula is C54H32N4O. The number of hydrogen-bond acceptors (Lipinski definition) is 3. The summed E-state index contributed by atoms with van der Waals surface area (Å²) in [5.74, 6) is 0.614. The zero-order valence-electron chi connectivity index (χ0n) is 31.7. The lowest BCUT2D eigenvalue weighted by Crippen LogP contribution is -2.04. The monoisotopic (exact) mass is 752 g/mol. The van der Waals surface area contributed by atoms with E-state index in [-0.39, 0.29) is 0 Å². The highest BCUT2D eigenvalue weighted by molar-refractivity contribution is 6.20. The summed E-state index contributed by atoms with van der Waals surface area (Å²) in [6, 6.07) is 68.9. The Morgan fingerprint density at radius 1 is 0.373 bits per heavy atom. The van der Waals surface area contributed by atoms with Crippen molar-refractivity contribution in [2.24, 2.45) is 0 Å². The quantitative estimate of drug-likeness (QED) is 0.180. The van der Waals surface area contributed by atoms with Crippen LogP contribution in [0.25, 0.3) is 121 Å². The fourth-order valence-corrected chi connectivity index (χ4v) is 9.45. The van der Waals surface area contributed by atoms with Crippen LogP contribution in [0.3, 0.4) is 0 Å². The molecule has 0 unspecified atom stereocenters. The summed E-state index contributed by atoms with van der Waals surface area (Å²) in [6.07, 6.45) is 0. The van der Waals surface area contributed by atoms with Crippen molar-refractivity contribution in [2.75, 3.05) is 0 Å². The largest absolute Gasteiger partial charge is 0.456 e. The van der Waals surface area contributed by atoms with E-state index in [9.17, 15) is 0 Å². The average Bonchev–Trinajstić information content (AvgIpc) is 3.94. The van der Waals surface area contributed by atoms with E-state index < -0.39 is 0 Å². The zero-order valence-corrected chi connectivity index (χ0v) is 31.7. The molecule has 59 heavy (non-hydrogen) atoms. The Bertz CT molecular complexity index is 3840. The first-order chi connectivity index (χ1) is 29.2. The molecule has 0 saturated carbocycles. The molecule has 0 aliphatic carbocycles.